The summed E-state index contributed by atoms with van der Waals surface area (Å²) in [6.45, 7) is 4.28. The van der Waals surface area contributed by atoms with Crippen molar-refractivity contribution < 1.29 is 5.11 Å². The Balaban J connectivity index is 2.51. The van der Waals surface area contributed by atoms with Crippen molar-refractivity contribution in [1.29, 1.82) is 0 Å². The molecule has 0 saturated carbocycles. The smallest absolute Gasteiger partial charge is 0.225 e. The highest BCUT2D eigenvalue weighted by Gasteiger charge is 2.14. The first-order chi connectivity index (χ1) is 7.97. The van der Waals surface area contributed by atoms with E-state index in [2.05, 4.69) is 9.97 Å². The van der Waals surface area contributed by atoms with E-state index in [4.69, 9.17) is 11.6 Å². The molecule has 0 fully saturated rings. The van der Waals surface area contributed by atoms with E-state index >= 15 is 0 Å². The van der Waals surface area contributed by atoms with Crippen LogP contribution in [0.5, 0.6) is 0 Å². The molecule has 0 radical (unpaired) electrons. The molecule has 0 aromatic carbocycles. The molecule has 6 heteroatoms. The molecule has 0 saturated heterocycles. The quantitative estimate of drug-likeness (QED) is 0.872. The average molecular weight is 272 g/mol. The number of halogens is 1. The molecule has 92 valence electrons. The molecule has 17 heavy (non-hydrogen) atoms. The molecule has 0 aliphatic carbocycles. The molecule has 0 bridgehead atoms. The Labute approximate surface area is 109 Å². The second-order valence-corrected chi connectivity index (χ2v) is 5.69. The van der Waals surface area contributed by atoms with Gasteiger partial charge in [-0.05, 0) is 31.5 Å². The van der Waals surface area contributed by atoms with Crippen molar-refractivity contribution >= 4 is 39.0 Å². The molecule has 4 nitrogen and oxygen atoms in total. The van der Waals surface area contributed by atoms with E-state index in [1.807, 2.05) is 24.9 Å². The Bertz CT molecular complexity index is 541. The number of fused-ring (bicyclic) bond motifs is 1. The van der Waals surface area contributed by atoms with Crippen molar-refractivity contribution in [2.24, 2.45) is 0 Å². The molecule has 1 unspecified atom stereocenters. The van der Waals surface area contributed by atoms with Gasteiger partial charge in [0.05, 0.1) is 11.5 Å². The van der Waals surface area contributed by atoms with Crippen LogP contribution in [0.3, 0.4) is 0 Å². The van der Waals surface area contributed by atoms with Crippen LogP contribution in [0, 0.1) is 6.92 Å². The summed E-state index contributed by atoms with van der Waals surface area (Å²) >= 11 is 7.50. The number of aliphatic hydroxyl groups is 1. The first kappa shape index (κ1) is 12.5. The SMILES string of the molecule is Cc1cc2c(N(C)CC(C)O)nc(Cl)nc2s1. The van der Waals surface area contributed by atoms with Gasteiger partial charge in [-0.15, -0.1) is 11.3 Å². The third-order valence-corrected chi connectivity index (χ3v) is 3.48. The highest BCUT2D eigenvalue weighted by Crippen LogP contribution is 2.31. The fraction of sp³-hybridized carbons (Fsp3) is 0.455. The second-order valence-electron chi connectivity index (χ2n) is 4.12. The zero-order chi connectivity index (χ0) is 12.6. The third-order valence-electron chi connectivity index (χ3n) is 2.37. The Morgan fingerprint density at radius 2 is 2.24 bits per heavy atom. The number of thiophene rings is 1. The lowest BCUT2D eigenvalue weighted by Gasteiger charge is -2.20. The number of aryl methyl sites for hydroxylation is 1. The summed E-state index contributed by atoms with van der Waals surface area (Å²) in [6.07, 6.45) is -0.413. The minimum Gasteiger partial charge on any atom is -0.392 e. The van der Waals surface area contributed by atoms with Crippen LogP contribution in [0.1, 0.15) is 11.8 Å². The average Bonchev–Trinajstić information content (AvgIpc) is 2.55. The summed E-state index contributed by atoms with van der Waals surface area (Å²) in [5.41, 5.74) is 0. The summed E-state index contributed by atoms with van der Waals surface area (Å²) in [5, 5.41) is 10.6. The van der Waals surface area contributed by atoms with Gasteiger partial charge in [0.2, 0.25) is 5.28 Å². The molecule has 0 aliphatic heterocycles. The number of aromatic nitrogens is 2. The fourth-order valence-electron chi connectivity index (χ4n) is 1.78. The summed E-state index contributed by atoms with van der Waals surface area (Å²) in [5.74, 6) is 0.769. The van der Waals surface area contributed by atoms with Gasteiger partial charge in [0.15, 0.2) is 0 Å². The molecule has 0 aliphatic rings. The van der Waals surface area contributed by atoms with E-state index in [9.17, 15) is 5.11 Å². The maximum absolute atomic E-state index is 9.42. The summed E-state index contributed by atoms with van der Waals surface area (Å²) < 4.78 is 0. The predicted octanol–water partition coefficient (Wildman–Crippen LogP) is 2.47. The van der Waals surface area contributed by atoms with E-state index in [0.29, 0.717) is 6.54 Å². The lowest BCUT2D eigenvalue weighted by molar-refractivity contribution is 0.201. The van der Waals surface area contributed by atoms with Gasteiger partial charge in [-0.3, -0.25) is 0 Å². The van der Waals surface area contributed by atoms with Gasteiger partial charge >= 0.3 is 0 Å². The summed E-state index contributed by atoms with van der Waals surface area (Å²) in [4.78, 5) is 12.4. The number of likely N-dealkylation sites (N-methyl/N-ethyl adjacent to an activating group) is 1. The summed E-state index contributed by atoms with van der Waals surface area (Å²) in [6, 6.07) is 2.05. The first-order valence-electron chi connectivity index (χ1n) is 5.30. The molecule has 1 N–H and O–H groups in total. The Hall–Kier alpha value is -0.910. The van der Waals surface area contributed by atoms with Crippen LogP contribution >= 0.6 is 22.9 Å². The molecule has 1 atom stereocenters. The molecule has 0 amide bonds. The largest absolute Gasteiger partial charge is 0.392 e. The number of hydrogen-bond acceptors (Lipinski definition) is 5. The van der Waals surface area contributed by atoms with Crippen molar-refractivity contribution in [3.8, 4) is 0 Å². The van der Waals surface area contributed by atoms with Crippen LogP contribution in [0.15, 0.2) is 6.07 Å². The van der Waals surface area contributed by atoms with Crippen molar-refractivity contribution in [2.45, 2.75) is 20.0 Å². The van der Waals surface area contributed by atoms with Gasteiger partial charge in [0, 0.05) is 18.5 Å². The molecule has 2 heterocycles. The lowest BCUT2D eigenvalue weighted by Crippen LogP contribution is -2.27. The molecule has 2 aromatic heterocycles. The van der Waals surface area contributed by atoms with E-state index in [1.54, 1.807) is 18.3 Å². The monoisotopic (exact) mass is 271 g/mol. The molecule has 2 aromatic rings. The molecule has 2 rings (SSSR count). The maximum Gasteiger partial charge on any atom is 0.225 e. The standard InChI is InChI=1S/C11H14ClN3OS/c1-6(16)5-15(3)9-8-4-7(2)17-10(8)14-11(12)13-9/h4,6,16H,5H2,1-3H3. The van der Waals surface area contributed by atoms with Crippen LogP contribution in [0.25, 0.3) is 10.2 Å². The number of nitrogens with zero attached hydrogens (tertiary/aromatic N) is 3. The van der Waals surface area contributed by atoms with Crippen molar-refractivity contribution in [1.82, 2.24) is 9.97 Å². The normalized spacial score (nSPS) is 13.0. The molecule has 0 spiro atoms. The van der Waals surface area contributed by atoms with Gasteiger partial charge in [0.1, 0.15) is 10.6 Å². The Morgan fingerprint density at radius 1 is 1.53 bits per heavy atom. The van der Waals surface area contributed by atoms with E-state index < -0.39 is 6.10 Å². The minimum absolute atomic E-state index is 0.242. The van der Waals surface area contributed by atoms with E-state index in [1.165, 1.54) is 4.88 Å². The van der Waals surface area contributed by atoms with Gasteiger partial charge in [0.25, 0.3) is 0 Å². The van der Waals surface area contributed by atoms with Gasteiger partial charge in [-0.1, -0.05) is 0 Å². The van der Waals surface area contributed by atoms with Crippen LogP contribution in [-0.4, -0.2) is 34.8 Å². The predicted molar refractivity (Wildman–Crippen MR) is 72.1 cm³/mol. The van der Waals surface area contributed by atoms with Crippen LogP contribution < -0.4 is 4.90 Å². The first-order valence-corrected chi connectivity index (χ1v) is 6.49. The number of aliphatic hydroxyl groups excluding tert-OH is 1. The molecular weight excluding hydrogens is 258 g/mol. The van der Waals surface area contributed by atoms with Crippen molar-refractivity contribution in [3.05, 3.63) is 16.2 Å². The highest BCUT2D eigenvalue weighted by atomic mass is 35.5. The number of anilines is 1. The van der Waals surface area contributed by atoms with Crippen LogP contribution in [-0.2, 0) is 0 Å². The molecular formula is C11H14ClN3OS. The zero-order valence-corrected chi connectivity index (χ0v) is 11.5. The van der Waals surface area contributed by atoms with E-state index in [0.717, 1.165) is 16.0 Å². The minimum atomic E-state index is -0.413. The van der Waals surface area contributed by atoms with Crippen molar-refractivity contribution in [3.63, 3.8) is 0 Å². The second kappa shape index (κ2) is 4.76. The van der Waals surface area contributed by atoms with Crippen molar-refractivity contribution in [2.75, 3.05) is 18.5 Å². The van der Waals surface area contributed by atoms with Crippen LogP contribution in [0.4, 0.5) is 5.82 Å². The highest BCUT2D eigenvalue weighted by molar-refractivity contribution is 7.18. The number of rotatable bonds is 3. The fourth-order valence-corrected chi connectivity index (χ4v) is 2.86. The van der Waals surface area contributed by atoms with Gasteiger partial charge in [-0.2, -0.15) is 4.98 Å². The Morgan fingerprint density at radius 3 is 2.88 bits per heavy atom. The topological polar surface area (TPSA) is 49.2 Å². The van der Waals surface area contributed by atoms with Gasteiger partial charge < -0.3 is 10.0 Å². The zero-order valence-electron chi connectivity index (χ0n) is 9.94. The summed E-state index contributed by atoms with van der Waals surface area (Å²) in [7, 11) is 1.89. The maximum atomic E-state index is 9.42. The van der Waals surface area contributed by atoms with Crippen LogP contribution in [0.2, 0.25) is 5.28 Å². The van der Waals surface area contributed by atoms with E-state index in [-0.39, 0.29) is 5.28 Å². The Kier molecular flexibility index (Phi) is 3.51. The lowest BCUT2D eigenvalue weighted by atomic mass is 10.3. The number of hydrogen-bond donors (Lipinski definition) is 1. The third kappa shape index (κ3) is 2.68. The van der Waals surface area contributed by atoms with Gasteiger partial charge in [-0.25, -0.2) is 4.98 Å².